The van der Waals surface area contributed by atoms with Crippen LogP contribution < -0.4 is 10.0 Å². The SMILES string of the molecule is CNC(=O)Cc1cc([N+](=O)[O-])cc[n+]1[O-]. The van der Waals surface area contributed by atoms with Crippen LogP contribution in [-0.2, 0) is 11.2 Å². The van der Waals surface area contributed by atoms with Gasteiger partial charge in [-0.1, -0.05) is 0 Å². The summed E-state index contributed by atoms with van der Waals surface area (Å²) in [4.78, 5) is 20.8. The van der Waals surface area contributed by atoms with E-state index in [1.165, 1.54) is 7.05 Å². The number of nitro groups is 1. The lowest BCUT2D eigenvalue weighted by Gasteiger charge is -2.02. The number of amides is 1. The quantitative estimate of drug-likeness (QED) is 0.316. The van der Waals surface area contributed by atoms with Crippen LogP contribution in [0.2, 0.25) is 0 Å². The number of nitrogens with zero attached hydrogens (tertiary/aromatic N) is 2. The molecule has 0 spiro atoms. The molecule has 0 aliphatic carbocycles. The van der Waals surface area contributed by atoms with Gasteiger partial charge in [0, 0.05) is 7.05 Å². The van der Waals surface area contributed by atoms with Crippen LogP contribution in [0.5, 0.6) is 0 Å². The molecule has 80 valence electrons. The maximum Gasteiger partial charge on any atom is 0.281 e. The topological polar surface area (TPSA) is 99.2 Å². The zero-order valence-electron chi connectivity index (χ0n) is 7.97. The first kappa shape index (κ1) is 10.9. The van der Waals surface area contributed by atoms with Gasteiger partial charge in [-0.25, -0.2) is 0 Å². The number of nitrogens with one attached hydrogen (secondary N) is 1. The lowest BCUT2D eigenvalue weighted by Crippen LogP contribution is -2.34. The van der Waals surface area contributed by atoms with Crippen molar-refractivity contribution in [2.75, 3.05) is 7.05 Å². The van der Waals surface area contributed by atoms with Crippen LogP contribution in [0, 0.1) is 15.3 Å². The highest BCUT2D eigenvalue weighted by molar-refractivity contribution is 5.77. The van der Waals surface area contributed by atoms with Gasteiger partial charge in [0.25, 0.3) is 5.69 Å². The predicted molar refractivity (Wildman–Crippen MR) is 49.8 cm³/mol. The second-order valence-corrected chi connectivity index (χ2v) is 2.81. The molecule has 0 aliphatic rings. The van der Waals surface area contributed by atoms with E-state index in [1.54, 1.807) is 0 Å². The van der Waals surface area contributed by atoms with E-state index in [4.69, 9.17) is 0 Å². The average molecular weight is 211 g/mol. The molecule has 0 atom stereocenters. The fraction of sp³-hybridized carbons (Fsp3) is 0.250. The highest BCUT2D eigenvalue weighted by atomic mass is 16.6. The van der Waals surface area contributed by atoms with Gasteiger partial charge >= 0.3 is 0 Å². The Kier molecular flexibility index (Phi) is 3.17. The Morgan fingerprint density at radius 2 is 2.33 bits per heavy atom. The molecule has 0 radical (unpaired) electrons. The summed E-state index contributed by atoms with van der Waals surface area (Å²) in [6.45, 7) is 0. The summed E-state index contributed by atoms with van der Waals surface area (Å²) in [6, 6.07) is 2.17. The lowest BCUT2D eigenvalue weighted by atomic mass is 10.2. The molecule has 0 fully saturated rings. The Bertz CT molecular complexity index is 405. The van der Waals surface area contributed by atoms with Gasteiger partial charge in [0.1, 0.15) is 6.42 Å². The number of hydrogen-bond acceptors (Lipinski definition) is 4. The van der Waals surface area contributed by atoms with E-state index in [0.717, 1.165) is 18.3 Å². The summed E-state index contributed by atoms with van der Waals surface area (Å²) in [5.74, 6) is -0.375. The number of aromatic nitrogens is 1. The van der Waals surface area contributed by atoms with Crippen molar-refractivity contribution in [1.29, 1.82) is 0 Å². The molecule has 1 amide bonds. The first-order valence-electron chi connectivity index (χ1n) is 4.11. The molecular formula is C8H9N3O4. The van der Waals surface area contributed by atoms with Gasteiger partial charge in [-0.05, 0) is 0 Å². The molecule has 15 heavy (non-hydrogen) atoms. The number of pyridine rings is 1. The number of rotatable bonds is 3. The predicted octanol–water partition coefficient (Wildman–Crippen LogP) is -0.483. The van der Waals surface area contributed by atoms with Crippen LogP contribution in [0.1, 0.15) is 5.69 Å². The summed E-state index contributed by atoms with van der Waals surface area (Å²) in [5.41, 5.74) is -0.162. The van der Waals surface area contributed by atoms with Crippen molar-refractivity contribution >= 4 is 11.6 Å². The van der Waals surface area contributed by atoms with Gasteiger partial charge in [-0.2, -0.15) is 4.73 Å². The normalized spacial score (nSPS) is 9.67. The zero-order chi connectivity index (χ0) is 11.4. The lowest BCUT2D eigenvalue weighted by molar-refractivity contribution is -0.614. The Morgan fingerprint density at radius 1 is 1.67 bits per heavy atom. The summed E-state index contributed by atoms with van der Waals surface area (Å²) >= 11 is 0. The maximum atomic E-state index is 11.2. The van der Waals surface area contributed by atoms with Gasteiger partial charge in [-0.3, -0.25) is 14.9 Å². The minimum atomic E-state index is -0.618. The third kappa shape index (κ3) is 2.63. The summed E-state index contributed by atoms with van der Waals surface area (Å²) in [7, 11) is 1.43. The number of carbonyl (C=O) groups excluding carboxylic acids is 1. The fourth-order valence-corrected chi connectivity index (χ4v) is 1.02. The Balaban J connectivity index is 3.00. The number of carbonyl (C=O) groups is 1. The van der Waals surface area contributed by atoms with Crippen molar-refractivity contribution in [3.05, 3.63) is 39.3 Å². The van der Waals surface area contributed by atoms with Crippen LogP contribution in [-0.4, -0.2) is 17.9 Å². The molecule has 0 unspecified atom stereocenters. The molecule has 0 saturated carbocycles. The molecule has 0 saturated heterocycles. The van der Waals surface area contributed by atoms with Gasteiger partial charge in [0.05, 0.1) is 17.1 Å². The maximum absolute atomic E-state index is 11.2. The first-order chi connectivity index (χ1) is 7.04. The van der Waals surface area contributed by atoms with Crippen LogP contribution in [0.25, 0.3) is 0 Å². The van der Waals surface area contributed by atoms with E-state index in [0.29, 0.717) is 4.73 Å². The average Bonchev–Trinajstić information content (AvgIpc) is 2.20. The van der Waals surface area contributed by atoms with Crippen LogP contribution in [0.3, 0.4) is 0 Å². The van der Waals surface area contributed by atoms with Crippen molar-refractivity contribution in [1.82, 2.24) is 5.32 Å². The minimum Gasteiger partial charge on any atom is -0.618 e. The van der Waals surface area contributed by atoms with E-state index in [-0.39, 0.29) is 23.7 Å². The van der Waals surface area contributed by atoms with Crippen LogP contribution in [0.15, 0.2) is 18.3 Å². The standard InChI is InChI=1S/C8H9N3O4/c1-9-8(12)5-7-4-6(11(14)15)2-3-10(7)13/h2-4H,5H2,1H3,(H,9,12). The Hall–Kier alpha value is -2.18. The van der Waals surface area contributed by atoms with Crippen molar-refractivity contribution in [3.8, 4) is 0 Å². The van der Waals surface area contributed by atoms with Gasteiger partial charge in [-0.15, -0.1) is 0 Å². The summed E-state index contributed by atoms with van der Waals surface area (Å²) < 4.78 is 0.433. The molecule has 0 aromatic carbocycles. The Labute approximate surface area is 85.1 Å². The highest BCUT2D eigenvalue weighted by Crippen LogP contribution is 2.09. The first-order valence-corrected chi connectivity index (χ1v) is 4.11. The van der Waals surface area contributed by atoms with E-state index < -0.39 is 4.92 Å². The van der Waals surface area contributed by atoms with Crippen LogP contribution in [0.4, 0.5) is 5.69 Å². The largest absolute Gasteiger partial charge is 0.618 e. The van der Waals surface area contributed by atoms with E-state index in [2.05, 4.69) is 5.32 Å². The highest BCUT2D eigenvalue weighted by Gasteiger charge is 2.16. The van der Waals surface area contributed by atoms with E-state index in [9.17, 15) is 20.1 Å². The third-order valence-corrected chi connectivity index (χ3v) is 1.81. The molecule has 1 aromatic rings. The van der Waals surface area contributed by atoms with Gasteiger partial charge in [0.15, 0.2) is 6.20 Å². The van der Waals surface area contributed by atoms with Gasteiger partial charge < -0.3 is 10.5 Å². The number of hydrogen-bond donors (Lipinski definition) is 1. The minimum absolute atomic E-state index is 0.0450. The van der Waals surface area contributed by atoms with Crippen molar-refractivity contribution in [2.45, 2.75) is 6.42 Å². The monoisotopic (exact) mass is 211 g/mol. The van der Waals surface area contributed by atoms with Crippen molar-refractivity contribution < 1.29 is 14.4 Å². The third-order valence-electron chi connectivity index (χ3n) is 1.81. The smallest absolute Gasteiger partial charge is 0.281 e. The summed E-state index contributed by atoms with van der Waals surface area (Å²) in [6.07, 6.45) is 0.831. The molecule has 1 aromatic heterocycles. The van der Waals surface area contributed by atoms with Gasteiger partial charge in [0.2, 0.25) is 11.6 Å². The van der Waals surface area contributed by atoms with Crippen molar-refractivity contribution in [2.24, 2.45) is 0 Å². The molecule has 1 heterocycles. The van der Waals surface area contributed by atoms with Crippen LogP contribution >= 0.6 is 0 Å². The molecule has 0 aliphatic heterocycles. The molecule has 1 N–H and O–H groups in total. The number of likely N-dealkylation sites (N-methyl/N-ethyl adjacent to an activating group) is 1. The van der Waals surface area contributed by atoms with E-state index >= 15 is 0 Å². The second kappa shape index (κ2) is 4.36. The second-order valence-electron chi connectivity index (χ2n) is 2.81. The van der Waals surface area contributed by atoms with E-state index in [1.807, 2.05) is 0 Å². The molecule has 7 heteroatoms. The fourth-order valence-electron chi connectivity index (χ4n) is 1.02. The molecule has 7 nitrogen and oxygen atoms in total. The summed E-state index contributed by atoms with van der Waals surface area (Å²) in [5, 5.41) is 23.9. The molecular weight excluding hydrogens is 202 g/mol. The zero-order valence-corrected chi connectivity index (χ0v) is 7.97. The van der Waals surface area contributed by atoms with Crippen molar-refractivity contribution in [3.63, 3.8) is 0 Å². The molecule has 0 bridgehead atoms. The molecule has 1 rings (SSSR count). The Morgan fingerprint density at radius 3 is 2.87 bits per heavy atom.